The second-order valence-electron chi connectivity index (χ2n) is 2.63. The Morgan fingerprint density at radius 2 is 1.67 bits per heavy atom. The molecule has 2 nitrogen and oxygen atoms in total. The number of ether oxygens (including phenoxy) is 1. The lowest BCUT2D eigenvalue weighted by molar-refractivity contribution is -0.126. The second-order valence-corrected chi connectivity index (χ2v) is 3.35. The van der Waals surface area contributed by atoms with Gasteiger partial charge in [-0.25, -0.2) is 5.11 Å². The molecule has 0 amide bonds. The van der Waals surface area contributed by atoms with E-state index in [2.05, 4.69) is 0 Å². The van der Waals surface area contributed by atoms with Crippen LogP contribution in [0.2, 0.25) is 0 Å². The minimum atomic E-state index is -1.26. The van der Waals surface area contributed by atoms with Gasteiger partial charge >= 0.3 is 0 Å². The van der Waals surface area contributed by atoms with Gasteiger partial charge in [0.25, 0.3) is 0 Å². The van der Waals surface area contributed by atoms with Gasteiger partial charge in [-0.05, 0) is 20.8 Å². The normalized spacial score (nSPS) is 19.3. The van der Waals surface area contributed by atoms with Crippen LogP contribution >= 0.6 is 11.6 Å². The summed E-state index contributed by atoms with van der Waals surface area (Å²) in [5, 5.41) is 10.00. The van der Waals surface area contributed by atoms with Gasteiger partial charge in [-0.15, -0.1) is 0 Å². The fraction of sp³-hybridized carbons (Fsp3) is 1.00. The maximum absolute atomic E-state index is 11.1. The van der Waals surface area contributed by atoms with Gasteiger partial charge in [0.05, 0.1) is 0 Å². The summed E-state index contributed by atoms with van der Waals surface area (Å²) in [6, 6.07) is 0. The Morgan fingerprint density at radius 3 is 1.67 bits per heavy atom. The van der Waals surface area contributed by atoms with Gasteiger partial charge in [-0.2, -0.15) is 0 Å². The van der Waals surface area contributed by atoms with Crippen LogP contribution in [0, 0.1) is 0 Å². The Kier molecular flexibility index (Phi) is 2.50. The molecule has 3 heteroatoms. The third kappa shape index (κ3) is 2.12. The van der Waals surface area contributed by atoms with Crippen LogP contribution in [0.4, 0.5) is 0 Å². The number of methoxy groups -OCH3 is 1. The van der Waals surface area contributed by atoms with Crippen LogP contribution in [0.3, 0.4) is 0 Å². The van der Waals surface area contributed by atoms with E-state index in [1.165, 1.54) is 21.0 Å². The summed E-state index contributed by atoms with van der Waals surface area (Å²) in [4.78, 5) is 0. The highest BCUT2D eigenvalue weighted by molar-refractivity contribution is 6.23. The standard InChI is InChI=1S/C6H12ClO2/c1-5(2,8)6(3,7)9-4/h1-4H3. The van der Waals surface area contributed by atoms with Crippen molar-refractivity contribution in [3.8, 4) is 0 Å². The van der Waals surface area contributed by atoms with Gasteiger partial charge in [-0.3, -0.25) is 0 Å². The Balaban J connectivity index is 4.14. The average Bonchev–Trinajstić information content (AvgIpc) is 1.64. The molecule has 0 aliphatic rings. The maximum Gasteiger partial charge on any atom is 0.169 e. The predicted octanol–water partition coefficient (Wildman–Crippen LogP) is 1.80. The Morgan fingerprint density at radius 1 is 1.33 bits per heavy atom. The molecule has 0 saturated heterocycles. The van der Waals surface area contributed by atoms with E-state index in [-0.39, 0.29) is 0 Å². The van der Waals surface area contributed by atoms with Crippen LogP contribution in [0.5, 0.6) is 0 Å². The molecule has 0 aromatic rings. The number of hydrogen-bond donors (Lipinski definition) is 0. The van der Waals surface area contributed by atoms with Crippen molar-refractivity contribution < 1.29 is 9.84 Å². The zero-order chi connectivity index (χ0) is 7.71. The third-order valence-corrected chi connectivity index (χ3v) is 2.07. The largest absolute Gasteiger partial charge is 0.360 e. The van der Waals surface area contributed by atoms with Crippen LogP contribution in [0.15, 0.2) is 0 Å². The molecule has 0 heterocycles. The zero-order valence-corrected chi connectivity index (χ0v) is 6.95. The van der Waals surface area contributed by atoms with Gasteiger partial charge in [0, 0.05) is 7.11 Å². The lowest BCUT2D eigenvalue weighted by Crippen LogP contribution is -2.43. The van der Waals surface area contributed by atoms with Crippen LogP contribution in [0.1, 0.15) is 20.8 Å². The first-order chi connectivity index (χ1) is 3.81. The molecule has 0 fully saturated rings. The molecule has 0 aromatic carbocycles. The number of alkyl halides is 1. The van der Waals surface area contributed by atoms with E-state index in [1.54, 1.807) is 6.92 Å². The first-order valence-corrected chi connectivity index (χ1v) is 3.13. The number of hydrogen-bond acceptors (Lipinski definition) is 1. The molecule has 0 N–H and O–H groups in total. The van der Waals surface area contributed by atoms with Crippen molar-refractivity contribution in [1.82, 2.24) is 0 Å². The molecule has 55 valence electrons. The van der Waals surface area contributed by atoms with E-state index < -0.39 is 10.7 Å². The highest BCUT2D eigenvalue weighted by atomic mass is 35.5. The van der Waals surface area contributed by atoms with Gasteiger partial charge < -0.3 is 4.74 Å². The Labute approximate surface area is 60.8 Å². The SMILES string of the molecule is COC(C)(Cl)C(C)(C)[O]. The number of rotatable bonds is 2. The van der Waals surface area contributed by atoms with Crippen LogP contribution in [-0.4, -0.2) is 17.8 Å². The quantitative estimate of drug-likeness (QED) is 0.554. The fourth-order valence-electron chi connectivity index (χ4n) is 0.246. The summed E-state index contributed by atoms with van der Waals surface area (Å²) in [5.41, 5.74) is -1.26. The van der Waals surface area contributed by atoms with E-state index >= 15 is 0 Å². The summed E-state index contributed by atoms with van der Waals surface area (Å²) in [5.74, 6) is 0. The molecular formula is C6H12ClO2. The van der Waals surface area contributed by atoms with Crippen molar-refractivity contribution in [2.75, 3.05) is 7.11 Å². The first kappa shape index (κ1) is 9.21. The van der Waals surface area contributed by atoms with E-state index in [4.69, 9.17) is 16.3 Å². The Bertz CT molecular complexity index is 93.7. The lowest BCUT2D eigenvalue weighted by atomic mass is 10.0. The second kappa shape index (κ2) is 2.45. The van der Waals surface area contributed by atoms with E-state index in [0.29, 0.717) is 0 Å². The molecule has 1 radical (unpaired) electrons. The summed E-state index contributed by atoms with van der Waals surface area (Å²) in [6.45, 7) is 4.54. The van der Waals surface area contributed by atoms with Crippen molar-refractivity contribution in [1.29, 1.82) is 0 Å². The van der Waals surface area contributed by atoms with Crippen molar-refractivity contribution in [3.63, 3.8) is 0 Å². The molecule has 1 atom stereocenters. The molecule has 0 spiro atoms. The summed E-state index contributed by atoms with van der Waals surface area (Å²) >= 11 is 5.66. The van der Waals surface area contributed by atoms with Crippen LogP contribution in [-0.2, 0) is 9.84 Å². The molecule has 9 heavy (non-hydrogen) atoms. The third-order valence-electron chi connectivity index (χ3n) is 1.46. The van der Waals surface area contributed by atoms with Crippen LogP contribution in [0.25, 0.3) is 0 Å². The minimum absolute atomic E-state index is 1.10. The molecule has 0 aromatic heterocycles. The average molecular weight is 152 g/mol. The molecule has 0 bridgehead atoms. The van der Waals surface area contributed by atoms with E-state index in [0.717, 1.165) is 0 Å². The maximum atomic E-state index is 11.1. The predicted molar refractivity (Wildman–Crippen MR) is 36.0 cm³/mol. The van der Waals surface area contributed by atoms with Crippen molar-refractivity contribution >= 4 is 11.6 Å². The topological polar surface area (TPSA) is 29.1 Å². The van der Waals surface area contributed by atoms with Gasteiger partial charge in [0.1, 0.15) is 5.60 Å². The fourth-order valence-corrected chi connectivity index (χ4v) is 0.246. The zero-order valence-electron chi connectivity index (χ0n) is 6.19. The number of halogens is 1. The summed E-state index contributed by atoms with van der Waals surface area (Å²) in [6.07, 6.45) is 0. The van der Waals surface area contributed by atoms with Gasteiger partial charge in [-0.1, -0.05) is 11.6 Å². The van der Waals surface area contributed by atoms with Crippen molar-refractivity contribution in [3.05, 3.63) is 0 Å². The molecule has 0 aliphatic heterocycles. The Hall–Kier alpha value is 0.210. The first-order valence-electron chi connectivity index (χ1n) is 2.76. The summed E-state index contributed by atoms with van der Waals surface area (Å²) < 4.78 is 4.76. The smallest absolute Gasteiger partial charge is 0.169 e. The molecule has 0 saturated carbocycles. The van der Waals surface area contributed by atoms with E-state index in [1.807, 2.05) is 0 Å². The molecule has 1 unspecified atom stereocenters. The monoisotopic (exact) mass is 151 g/mol. The van der Waals surface area contributed by atoms with Crippen LogP contribution < -0.4 is 0 Å². The van der Waals surface area contributed by atoms with Gasteiger partial charge in [0.2, 0.25) is 0 Å². The van der Waals surface area contributed by atoms with E-state index in [9.17, 15) is 5.11 Å². The lowest BCUT2D eigenvalue weighted by Gasteiger charge is -2.30. The van der Waals surface area contributed by atoms with Gasteiger partial charge in [0.15, 0.2) is 5.06 Å². The highest BCUT2D eigenvalue weighted by Crippen LogP contribution is 2.29. The highest BCUT2D eigenvalue weighted by Gasteiger charge is 2.39. The molecule has 0 rings (SSSR count). The molecular weight excluding hydrogens is 140 g/mol. The van der Waals surface area contributed by atoms with Crippen molar-refractivity contribution in [2.24, 2.45) is 0 Å². The minimum Gasteiger partial charge on any atom is -0.360 e. The molecule has 0 aliphatic carbocycles. The van der Waals surface area contributed by atoms with Crippen molar-refractivity contribution in [2.45, 2.75) is 31.4 Å². The summed E-state index contributed by atoms with van der Waals surface area (Å²) in [7, 11) is 1.42.